The van der Waals surface area contributed by atoms with Crippen molar-refractivity contribution in [3.05, 3.63) is 46.3 Å². The summed E-state index contributed by atoms with van der Waals surface area (Å²) in [6.45, 7) is 0. The summed E-state index contributed by atoms with van der Waals surface area (Å²) in [4.78, 5) is 11.1. The van der Waals surface area contributed by atoms with E-state index in [0.717, 1.165) is 6.07 Å². The van der Waals surface area contributed by atoms with Crippen LogP contribution in [-0.4, -0.2) is 5.11 Å². The van der Waals surface area contributed by atoms with Crippen molar-refractivity contribution in [1.29, 1.82) is 0 Å². The smallest absolute Gasteiger partial charge is 0.388 e. The summed E-state index contributed by atoms with van der Waals surface area (Å²) in [5.74, 6) is 0. The first-order valence-electron chi connectivity index (χ1n) is 4.12. The van der Waals surface area contributed by atoms with Gasteiger partial charge in [0.15, 0.2) is 0 Å². The highest BCUT2D eigenvalue weighted by Gasteiger charge is 2.32. The molecule has 0 atom stereocenters. The third-order valence-corrected chi connectivity index (χ3v) is 1.97. The van der Waals surface area contributed by atoms with Crippen LogP contribution >= 0.6 is 0 Å². The van der Waals surface area contributed by atoms with Crippen LogP contribution in [0.15, 0.2) is 39.5 Å². The zero-order chi connectivity index (χ0) is 11.1. The molecule has 0 radical (unpaired) electrons. The summed E-state index contributed by atoms with van der Waals surface area (Å²) in [5.41, 5.74) is -2.09. The van der Waals surface area contributed by atoms with Crippen molar-refractivity contribution >= 4 is 11.0 Å². The molecule has 1 aromatic carbocycles. The minimum Gasteiger partial charge on any atom is -0.422 e. The fourth-order valence-electron chi connectivity index (χ4n) is 1.27. The lowest BCUT2D eigenvalue weighted by Crippen LogP contribution is -2.21. The van der Waals surface area contributed by atoms with Crippen LogP contribution in [0.25, 0.3) is 11.0 Å². The third kappa shape index (κ3) is 1.73. The van der Waals surface area contributed by atoms with Gasteiger partial charge in [-0.1, -0.05) is 18.2 Å². The van der Waals surface area contributed by atoms with Gasteiger partial charge < -0.3 is 9.52 Å². The molecular weight excluding hydrogens is 206 g/mol. The van der Waals surface area contributed by atoms with Gasteiger partial charge in [0.2, 0.25) is 0 Å². The van der Waals surface area contributed by atoms with Gasteiger partial charge >= 0.3 is 11.7 Å². The van der Waals surface area contributed by atoms with Gasteiger partial charge in [-0.25, -0.2) is 4.79 Å². The predicted molar refractivity (Wildman–Crippen MR) is 48.6 cm³/mol. The molecule has 0 aliphatic rings. The van der Waals surface area contributed by atoms with Crippen molar-refractivity contribution in [2.75, 3.05) is 0 Å². The minimum absolute atomic E-state index is 0.204. The Kier molecular flexibility index (Phi) is 2.04. The minimum atomic E-state index is -4.18. The number of hydrogen-bond donors (Lipinski definition) is 1. The highest BCUT2D eigenvalue weighted by atomic mass is 19.3. The summed E-state index contributed by atoms with van der Waals surface area (Å²) < 4.78 is 29.7. The molecule has 78 valence electrons. The molecule has 1 N–H and O–H groups in total. The lowest BCUT2D eigenvalue weighted by Gasteiger charge is -2.07. The topological polar surface area (TPSA) is 50.4 Å². The normalized spacial score (nSPS) is 11.9. The molecule has 5 heteroatoms. The summed E-state index contributed by atoms with van der Waals surface area (Å²) >= 11 is 0. The third-order valence-electron chi connectivity index (χ3n) is 1.97. The Balaban J connectivity index is 2.79. The average molecular weight is 212 g/mol. The van der Waals surface area contributed by atoms with Crippen LogP contribution in [0, 0.1) is 0 Å². The molecule has 0 fully saturated rings. The average Bonchev–Trinajstić information content (AvgIpc) is 2.15. The Morgan fingerprint density at radius 2 is 1.93 bits per heavy atom. The number of benzene rings is 1. The zero-order valence-corrected chi connectivity index (χ0v) is 7.41. The van der Waals surface area contributed by atoms with E-state index in [1.165, 1.54) is 12.1 Å². The van der Waals surface area contributed by atoms with Crippen molar-refractivity contribution in [2.45, 2.75) is 6.11 Å². The number of aliphatic hydroxyl groups is 1. The largest absolute Gasteiger partial charge is 0.422 e. The Bertz CT molecular complexity index is 554. The molecule has 0 saturated carbocycles. The highest BCUT2D eigenvalue weighted by Crippen LogP contribution is 2.24. The van der Waals surface area contributed by atoms with E-state index in [2.05, 4.69) is 4.42 Å². The van der Waals surface area contributed by atoms with Gasteiger partial charge in [0, 0.05) is 5.39 Å². The van der Waals surface area contributed by atoms with E-state index in [1.54, 1.807) is 12.1 Å². The van der Waals surface area contributed by atoms with Crippen LogP contribution in [0.4, 0.5) is 8.78 Å². The van der Waals surface area contributed by atoms with Crippen molar-refractivity contribution in [1.82, 2.24) is 0 Å². The SMILES string of the molecule is O=c1oc2ccccc2cc1C(O)(F)F. The maximum atomic E-state index is 12.5. The second-order valence-corrected chi connectivity index (χ2v) is 3.03. The van der Waals surface area contributed by atoms with Crippen molar-refractivity contribution in [3.63, 3.8) is 0 Å². The highest BCUT2D eigenvalue weighted by molar-refractivity contribution is 5.76. The summed E-state index contributed by atoms with van der Waals surface area (Å²) in [7, 11) is 0. The van der Waals surface area contributed by atoms with E-state index in [4.69, 9.17) is 5.11 Å². The first kappa shape index (κ1) is 9.79. The predicted octanol–water partition coefficient (Wildman–Crippen LogP) is 1.83. The maximum Gasteiger partial charge on any atom is 0.388 e. The Morgan fingerprint density at radius 1 is 1.27 bits per heavy atom. The Labute approximate surface area is 82.6 Å². The molecule has 1 heterocycles. The first-order valence-corrected chi connectivity index (χ1v) is 4.12. The van der Waals surface area contributed by atoms with Gasteiger partial charge in [0.05, 0.1) is 0 Å². The molecule has 0 aliphatic carbocycles. The lowest BCUT2D eigenvalue weighted by molar-refractivity contribution is -0.210. The first-order chi connectivity index (χ1) is 6.98. The van der Waals surface area contributed by atoms with Crippen LogP contribution in [0.1, 0.15) is 5.56 Å². The van der Waals surface area contributed by atoms with Gasteiger partial charge in [0.1, 0.15) is 11.1 Å². The van der Waals surface area contributed by atoms with E-state index in [0.29, 0.717) is 5.39 Å². The molecule has 2 rings (SSSR count). The van der Waals surface area contributed by atoms with Crippen molar-refractivity contribution in [3.8, 4) is 0 Å². The number of fused-ring (bicyclic) bond motifs is 1. The molecular formula is C10H6F2O3. The van der Waals surface area contributed by atoms with Gasteiger partial charge in [-0.15, -0.1) is 0 Å². The monoisotopic (exact) mass is 212 g/mol. The molecule has 15 heavy (non-hydrogen) atoms. The van der Waals surface area contributed by atoms with Crippen LogP contribution in [-0.2, 0) is 6.11 Å². The second kappa shape index (κ2) is 3.13. The molecule has 0 unspecified atom stereocenters. The van der Waals surface area contributed by atoms with Gasteiger partial charge in [0.25, 0.3) is 0 Å². The van der Waals surface area contributed by atoms with Crippen LogP contribution in [0.2, 0.25) is 0 Å². The Morgan fingerprint density at radius 3 is 2.60 bits per heavy atom. The number of rotatable bonds is 1. The summed E-state index contributed by atoms with van der Waals surface area (Å²) in [6, 6.07) is 7.13. The quantitative estimate of drug-likeness (QED) is 0.733. The van der Waals surface area contributed by atoms with E-state index >= 15 is 0 Å². The van der Waals surface area contributed by atoms with Gasteiger partial charge in [-0.2, -0.15) is 8.78 Å². The Hall–Kier alpha value is -1.75. The number of alkyl halides is 2. The standard InChI is InChI=1S/C10H6F2O3/c11-10(12,14)7-5-6-3-1-2-4-8(6)15-9(7)13/h1-5,14H. The number of para-hydroxylation sites is 1. The molecule has 0 aliphatic heterocycles. The fourth-order valence-corrected chi connectivity index (χ4v) is 1.27. The van der Waals surface area contributed by atoms with E-state index < -0.39 is 17.3 Å². The molecule has 0 spiro atoms. The lowest BCUT2D eigenvalue weighted by atomic mass is 10.2. The van der Waals surface area contributed by atoms with Crippen molar-refractivity contribution < 1.29 is 18.3 Å². The summed E-state index contributed by atoms with van der Waals surface area (Å²) in [6.07, 6.45) is -4.18. The van der Waals surface area contributed by atoms with E-state index in [-0.39, 0.29) is 5.58 Å². The zero-order valence-electron chi connectivity index (χ0n) is 7.41. The van der Waals surface area contributed by atoms with Crippen LogP contribution in [0.5, 0.6) is 0 Å². The van der Waals surface area contributed by atoms with Crippen molar-refractivity contribution in [2.24, 2.45) is 0 Å². The van der Waals surface area contributed by atoms with Gasteiger partial charge in [-0.3, -0.25) is 0 Å². The molecule has 0 saturated heterocycles. The number of hydrogen-bond acceptors (Lipinski definition) is 3. The summed E-state index contributed by atoms with van der Waals surface area (Å²) in [5, 5.41) is 8.77. The molecule has 0 bridgehead atoms. The van der Waals surface area contributed by atoms with E-state index in [9.17, 15) is 13.6 Å². The molecule has 1 aromatic heterocycles. The van der Waals surface area contributed by atoms with Gasteiger partial charge in [-0.05, 0) is 12.1 Å². The van der Waals surface area contributed by atoms with Crippen LogP contribution in [0.3, 0.4) is 0 Å². The number of halogens is 2. The van der Waals surface area contributed by atoms with Crippen LogP contribution < -0.4 is 5.63 Å². The van der Waals surface area contributed by atoms with E-state index in [1.807, 2.05) is 0 Å². The molecule has 3 nitrogen and oxygen atoms in total. The molecule has 0 amide bonds. The fraction of sp³-hybridized carbons (Fsp3) is 0.100. The maximum absolute atomic E-state index is 12.5. The second-order valence-electron chi connectivity index (χ2n) is 3.03. The molecule has 2 aromatic rings.